The fraction of sp³-hybridized carbons (Fsp3) is 0.333. The van der Waals surface area contributed by atoms with Crippen LogP contribution in [0.25, 0.3) is 22.2 Å². The van der Waals surface area contributed by atoms with Gasteiger partial charge in [-0.05, 0) is 47.9 Å². The van der Waals surface area contributed by atoms with E-state index in [1.54, 1.807) is 18.3 Å². The summed E-state index contributed by atoms with van der Waals surface area (Å²) in [4.78, 5) is 15.6. The van der Waals surface area contributed by atoms with Crippen molar-refractivity contribution in [2.75, 3.05) is 6.61 Å². The fourth-order valence-corrected chi connectivity index (χ4v) is 3.85. The van der Waals surface area contributed by atoms with Gasteiger partial charge in [-0.15, -0.1) is 0 Å². The van der Waals surface area contributed by atoms with Gasteiger partial charge in [0.2, 0.25) is 0 Å². The van der Waals surface area contributed by atoms with Gasteiger partial charge in [0.1, 0.15) is 12.4 Å². The predicted octanol–water partition coefficient (Wildman–Crippen LogP) is 5.02. The van der Waals surface area contributed by atoms with E-state index in [4.69, 9.17) is 9.84 Å². The molecule has 2 heterocycles. The van der Waals surface area contributed by atoms with E-state index < -0.39 is 14.0 Å². The Bertz CT molecular complexity index is 956. The molecule has 1 N–H and O–H groups in total. The highest BCUT2D eigenvalue weighted by atomic mass is 28.3. The quantitative estimate of drug-likeness (QED) is 0.460. The minimum absolute atomic E-state index is 0.286. The molecule has 2 aromatic heterocycles. The Balaban J connectivity index is 1.88. The highest BCUT2D eigenvalue weighted by Crippen LogP contribution is 2.31. The second-order valence-corrected chi connectivity index (χ2v) is 13.7. The van der Waals surface area contributed by atoms with Crippen molar-refractivity contribution in [2.45, 2.75) is 39.3 Å². The molecule has 0 bridgehead atoms. The number of carboxylic acid groups (broad SMARTS) is 1. The van der Waals surface area contributed by atoms with Crippen molar-refractivity contribution >= 4 is 25.1 Å². The molecule has 3 aromatic rings. The zero-order chi connectivity index (χ0) is 19.6. The zero-order valence-electron chi connectivity index (χ0n) is 16.3. The SMILES string of the molecule is Cc1cn(COCC[Si](C)(C)C)c2nccc(-c3ccc(C(=O)O)cc3)c12. The number of benzene rings is 1. The lowest BCUT2D eigenvalue weighted by atomic mass is 10.0. The van der Waals surface area contributed by atoms with E-state index in [2.05, 4.69) is 37.7 Å². The van der Waals surface area contributed by atoms with Crippen molar-refractivity contribution < 1.29 is 14.6 Å². The summed E-state index contributed by atoms with van der Waals surface area (Å²) in [6.07, 6.45) is 3.86. The monoisotopic (exact) mass is 382 g/mol. The van der Waals surface area contributed by atoms with E-state index in [-0.39, 0.29) is 5.56 Å². The van der Waals surface area contributed by atoms with Crippen LogP contribution in [0.5, 0.6) is 0 Å². The molecule has 5 nitrogen and oxygen atoms in total. The topological polar surface area (TPSA) is 64.4 Å². The van der Waals surface area contributed by atoms with Crippen LogP contribution in [-0.2, 0) is 11.5 Å². The number of aryl methyl sites for hydroxylation is 1. The summed E-state index contributed by atoms with van der Waals surface area (Å²) in [5.41, 5.74) is 4.34. The molecule has 142 valence electrons. The molecule has 3 rings (SSSR count). The number of ether oxygens (including phenoxy) is 1. The Labute approximate surface area is 160 Å². The molecule has 6 heteroatoms. The molecule has 0 fully saturated rings. The number of carboxylic acids is 1. The maximum absolute atomic E-state index is 11.1. The Kier molecular flexibility index (Phi) is 5.48. The molecular formula is C21H26N2O3Si. The van der Waals surface area contributed by atoms with Crippen molar-refractivity contribution in [3.8, 4) is 11.1 Å². The molecule has 0 atom stereocenters. The number of hydrogen-bond acceptors (Lipinski definition) is 3. The summed E-state index contributed by atoms with van der Waals surface area (Å²) < 4.78 is 7.94. The van der Waals surface area contributed by atoms with Crippen LogP contribution in [-0.4, -0.2) is 35.3 Å². The van der Waals surface area contributed by atoms with Crippen LogP contribution >= 0.6 is 0 Å². The maximum Gasteiger partial charge on any atom is 0.335 e. The first-order valence-electron chi connectivity index (χ1n) is 9.12. The van der Waals surface area contributed by atoms with Gasteiger partial charge in [0, 0.05) is 32.5 Å². The second-order valence-electron chi connectivity index (χ2n) is 8.07. The average Bonchev–Trinajstić information content (AvgIpc) is 2.94. The predicted molar refractivity (Wildman–Crippen MR) is 111 cm³/mol. The van der Waals surface area contributed by atoms with E-state index in [9.17, 15) is 4.79 Å². The minimum atomic E-state index is -1.10. The first-order valence-corrected chi connectivity index (χ1v) is 12.8. The molecule has 0 amide bonds. The molecule has 0 spiro atoms. The Hall–Kier alpha value is -2.44. The van der Waals surface area contributed by atoms with Crippen molar-refractivity contribution in [1.29, 1.82) is 0 Å². The van der Waals surface area contributed by atoms with E-state index in [0.29, 0.717) is 6.73 Å². The van der Waals surface area contributed by atoms with Gasteiger partial charge in [-0.25, -0.2) is 9.78 Å². The van der Waals surface area contributed by atoms with Gasteiger partial charge in [-0.1, -0.05) is 31.8 Å². The Morgan fingerprint density at radius 2 is 1.89 bits per heavy atom. The molecule has 27 heavy (non-hydrogen) atoms. The van der Waals surface area contributed by atoms with Crippen LogP contribution in [0.3, 0.4) is 0 Å². The summed E-state index contributed by atoms with van der Waals surface area (Å²) in [6, 6.07) is 10.1. The van der Waals surface area contributed by atoms with E-state index in [1.165, 1.54) is 0 Å². The molecule has 0 aliphatic heterocycles. The van der Waals surface area contributed by atoms with Crippen molar-refractivity contribution in [1.82, 2.24) is 9.55 Å². The van der Waals surface area contributed by atoms with Crippen LogP contribution in [0, 0.1) is 6.92 Å². The molecule has 1 aromatic carbocycles. The molecule has 0 radical (unpaired) electrons. The average molecular weight is 383 g/mol. The van der Waals surface area contributed by atoms with Gasteiger partial charge in [-0.2, -0.15) is 0 Å². The largest absolute Gasteiger partial charge is 0.478 e. The summed E-state index contributed by atoms with van der Waals surface area (Å²) in [7, 11) is -1.10. The number of pyridine rings is 1. The molecular weight excluding hydrogens is 356 g/mol. The van der Waals surface area contributed by atoms with E-state index in [1.807, 2.05) is 22.8 Å². The number of hydrogen-bond donors (Lipinski definition) is 1. The Morgan fingerprint density at radius 3 is 2.52 bits per heavy atom. The van der Waals surface area contributed by atoms with Crippen molar-refractivity contribution in [3.63, 3.8) is 0 Å². The van der Waals surface area contributed by atoms with Gasteiger partial charge >= 0.3 is 5.97 Å². The number of fused-ring (bicyclic) bond motifs is 1. The smallest absolute Gasteiger partial charge is 0.335 e. The van der Waals surface area contributed by atoms with Crippen LogP contribution in [0.1, 0.15) is 15.9 Å². The molecule has 0 saturated heterocycles. The number of nitrogens with zero attached hydrogens (tertiary/aromatic N) is 2. The molecule has 0 unspecified atom stereocenters. The van der Waals surface area contributed by atoms with Gasteiger partial charge < -0.3 is 14.4 Å². The highest BCUT2D eigenvalue weighted by molar-refractivity contribution is 6.76. The van der Waals surface area contributed by atoms with Crippen LogP contribution in [0.15, 0.2) is 42.7 Å². The summed E-state index contributed by atoms with van der Waals surface area (Å²) in [6.45, 7) is 10.4. The van der Waals surface area contributed by atoms with Crippen molar-refractivity contribution in [3.05, 3.63) is 53.9 Å². The third-order valence-corrected chi connectivity index (χ3v) is 6.32. The number of aromatic carboxylic acids is 1. The summed E-state index contributed by atoms with van der Waals surface area (Å²) in [5, 5.41) is 10.2. The molecule has 0 aliphatic rings. The van der Waals surface area contributed by atoms with E-state index in [0.717, 1.165) is 40.4 Å². The third-order valence-electron chi connectivity index (χ3n) is 4.62. The van der Waals surface area contributed by atoms with Gasteiger partial charge in [-0.3, -0.25) is 0 Å². The summed E-state index contributed by atoms with van der Waals surface area (Å²) in [5.74, 6) is -0.917. The van der Waals surface area contributed by atoms with Crippen LogP contribution in [0.4, 0.5) is 0 Å². The number of carbonyl (C=O) groups is 1. The molecule has 0 aliphatic carbocycles. The minimum Gasteiger partial charge on any atom is -0.478 e. The van der Waals surface area contributed by atoms with Gasteiger partial charge in [0.25, 0.3) is 0 Å². The van der Waals surface area contributed by atoms with Gasteiger partial charge in [0.15, 0.2) is 0 Å². The van der Waals surface area contributed by atoms with Crippen LogP contribution < -0.4 is 0 Å². The first-order chi connectivity index (χ1) is 12.8. The fourth-order valence-electron chi connectivity index (χ4n) is 3.09. The third kappa shape index (κ3) is 4.46. The summed E-state index contributed by atoms with van der Waals surface area (Å²) >= 11 is 0. The van der Waals surface area contributed by atoms with Gasteiger partial charge in [0.05, 0.1) is 5.56 Å². The van der Waals surface area contributed by atoms with Crippen LogP contribution in [0.2, 0.25) is 25.7 Å². The standard InChI is InChI=1S/C21H26N2O3Si/c1-15-13-23(14-26-11-12-27(2,3)4)20-19(15)18(9-10-22-20)16-5-7-17(8-6-16)21(24)25/h5-10,13H,11-12,14H2,1-4H3,(H,24,25). The Morgan fingerprint density at radius 1 is 1.19 bits per heavy atom. The van der Waals surface area contributed by atoms with E-state index >= 15 is 0 Å². The zero-order valence-corrected chi connectivity index (χ0v) is 17.3. The lowest BCUT2D eigenvalue weighted by Gasteiger charge is -2.15. The lowest BCUT2D eigenvalue weighted by Crippen LogP contribution is -2.22. The van der Waals surface area contributed by atoms with Crippen molar-refractivity contribution in [2.24, 2.45) is 0 Å². The normalized spacial score (nSPS) is 11.9. The second kappa shape index (κ2) is 7.66. The highest BCUT2D eigenvalue weighted by Gasteiger charge is 2.15. The number of aromatic nitrogens is 2. The number of rotatable bonds is 7. The molecule has 0 saturated carbocycles. The lowest BCUT2D eigenvalue weighted by molar-refractivity contribution is 0.0697. The first kappa shape index (κ1) is 19.3. The maximum atomic E-state index is 11.1.